The number of hydrogen-bond acceptors (Lipinski definition) is 8. The third-order valence-corrected chi connectivity index (χ3v) is 9.58. The van der Waals surface area contributed by atoms with E-state index in [0.29, 0.717) is 19.3 Å². The number of nitrogens with zero attached hydrogens (tertiary/aromatic N) is 3. The summed E-state index contributed by atoms with van der Waals surface area (Å²) in [5, 5.41) is 20.1. The molecule has 1 aromatic heterocycles. The Morgan fingerprint density at radius 2 is 1.95 bits per heavy atom. The van der Waals surface area contributed by atoms with Gasteiger partial charge in [-0.15, -0.1) is 0 Å². The van der Waals surface area contributed by atoms with Crippen LogP contribution in [0.5, 0.6) is 0 Å². The highest BCUT2D eigenvalue weighted by molar-refractivity contribution is 6.02. The van der Waals surface area contributed by atoms with Gasteiger partial charge >= 0.3 is 12.1 Å². The smallest absolute Gasteiger partial charge is 0.408 e. The van der Waals surface area contributed by atoms with E-state index in [4.69, 9.17) is 9.57 Å². The molecule has 3 fully saturated rings. The average molecular weight is 608 g/mol. The van der Waals surface area contributed by atoms with Crippen LogP contribution in [0.4, 0.5) is 4.79 Å². The van der Waals surface area contributed by atoms with Gasteiger partial charge in [-0.1, -0.05) is 30.1 Å². The molecule has 6 rings (SSSR count). The van der Waals surface area contributed by atoms with Gasteiger partial charge in [-0.2, -0.15) is 0 Å². The number of carboxylic acid groups (broad SMARTS) is 1. The Labute approximate surface area is 256 Å². The van der Waals surface area contributed by atoms with E-state index >= 15 is 0 Å². The third kappa shape index (κ3) is 6.44. The van der Waals surface area contributed by atoms with Crippen molar-refractivity contribution in [3.05, 3.63) is 41.7 Å². The molecule has 0 aromatic carbocycles. The number of aromatic nitrogens is 1. The van der Waals surface area contributed by atoms with Crippen LogP contribution in [0.1, 0.15) is 88.3 Å². The van der Waals surface area contributed by atoms with Crippen LogP contribution in [0.25, 0.3) is 0 Å². The molecule has 1 saturated heterocycles. The first-order valence-corrected chi connectivity index (χ1v) is 16.0. The minimum atomic E-state index is -1.40. The summed E-state index contributed by atoms with van der Waals surface area (Å²) in [6, 6.07) is 1.95. The SMILES string of the molecule is O=C(N[C@H]1CCCCC/C=C\[C@@H]2C[C@]2(C(=O)O)NC(=O)[C@@H]2C[C@@H](O/N=C3\CCCc4ncccc43)CN2C1=O)OC1CCC1. The van der Waals surface area contributed by atoms with Gasteiger partial charge in [0.2, 0.25) is 11.8 Å². The fourth-order valence-electron chi connectivity index (χ4n) is 6.65. The summed E-state index contributed by atoms with van der Waals surface area (Å²) in [4.78, 5) is 64.8. The number of amides is 3. The van der Waals surface area contributed by atoms with Crippen molar-refractivity contribution >= 4 is 29.6 Å². The standard InChI is InChI=1S/C32H41N5O7/c38-28-27-17-22(44-36-25-15-7-14-24-23(25)12-8-16-33-24)19-37(27)29(39)26(34-31(42)43-21-10-6-11-21)13-5-3-1-2-4-9-20-18-32(20,35-28)30(40)41/h4,8-9,12,16,20-22,26-27H,1-3,5-7,10-11,13-15,17-19H2,(H,34,42)(H,35,38)(H,40,41)/b9-4-,36-25+/t20-,22-,26+,27+,32+/m1/s1. The molecule has 0 bridgehead atoms. The molecule has 0 spiro atoms. The first-order valence-electron chi connectivity index (χ1n) is 16.0. The fraction of sp³-hybridized carbons (Fsp3) is 0.625. The summed E-state index contributed by atoms with van der Waals surface area (Å²) in [5.41, 5.74) is 1.27. The first-order chi connectivity index (χ1) is 21.3. The number of fused-ring (bicyclic) bond motifs is 3. The number of carbonyl (C=O) groups excluding carboxylic acids is 3. The highest BCUT2D eigenvalue weighted by atomic mass is 16.6. The molecule has 1 aromatic rings. The molecule has 3 aliphatic carbocycles. The second-order valence-electron chi connectivity index (χ2n) is 12.7. The zero-order chi connectivity index (χ0) is 30.7. The van der Waals surface area contributed by atoms with Gasteiger partial charge in [0.05, 0.1) is 12.3 Å². The van der Waals surface area contributed by atoms with Crippen LogP contribution in [-0.2, 0) is 30.4 Å². The van der Waals surface area contributed by atoms with E-state index in [0.717, 1.165) is 74.8 Å². The largest absolute Gasteiger partial charge is 0.479 e. The van der Waals surface area contributed by atoms with Gasteiger partial charge in [0.25, 0.3) is 0 Å². The Kier molecular flexibility index (Phi) is 8.86. The number of aryl methyl sites for hydroxylation is 1. The van der Waals surface area contributed by atoms with Crippen LogP contribution in [0.15, 0.2) is 35.6 Å². The van der Waals surface area contributed by atoms with Crippen LogP contribution < -0.4 is 10.6 Å². The molecule has 12 nitrogen and oxygen atoms in total. The summed E-state index contributed by atoms with van der Waals surface area (Å²) in [5.74, 6) is -2.36. The molecule has 0 radical (unpaired) electrons. The highest BCUT2D eigenvalue weighted by Gasteiger charge is 2.61. The average Bonchev–Trinajstić information content (AvgIpc) is 3.52. The summed E-state index contributed by atoms with van der Waals surface area (Å²) < 4.78 is 5.49. The lowest BCUT2D eigenvalue weighted by Gasteiger charge is -2.30. The van der Waals surface area contributed by atoms with Crippen LogP contribution in [0.2, 0.25) is 0 Å². The van der Waals surface area contributed by atoms with E-state index < -0.39 is 47.6 Å². The Bertz CT molecular complexity index is 1340. The number of ether oxygens (including phenoxy) is 1. The van der Waals surface area contributed by atoms with Crippen LogP contribution in [0, 0.1) is 5.92 Å². The molecule has 0 unspecified atom stereocenters. The Morgan fingerprint density at radius 1 is 1.09 bits per heavy atom. The predicted molar refractivity (Wildman–Crippen MR) is 159 cm³/mol. The number of carbonyl (C=O) groups is 4. The number of aliphatic carboxylic acids is 1. The third-order valence-electron chi connectivity index (χ3n) is 9.58. The van der Waals surface area contributed by atoms with E-state index in [2.05, 4.69) is 20.8 Å². The fourth-order valence-corrected chi connectivity index (χ4v) is 6.65. The van der Waals surface area contributed by atoms with Crippen LogP contribution in [0.3, 0.4) is 0 Å². The highest BCUT2D eigenvalue weighted by Crippen LogP contribution is 2.45. The van der Waals surface area contributed by atoms with Gasteiger partial charge in [-0.3, -0.25) is 14.6 Å². The van der Waals surface area contributed by atoms with Gasteiger partial charge in [0.15, 0.2) is 0 Å². The maximum absolute atomic E-state index is 14.1. The van der Waals surface area contributed by atoms with Gasteiger partial charge in [-0.05, 0) is 76.3 Å². The van der Waals surface area contributed by atoms with Gasteiger partial charge < -0.3 is 30.2 Å². The molecule has 12 heteroatoms. The molecule has 5 aliphatic rings. The maximum Gasteiger partial charge on any atom is 0.408 e. The van der Waals surface area contributed by atoms with Crippen molar-refractivity contribution in [1.29, 1.82) is 0 Å². The van der Waals surface area contributed by atoms with E-state index in [9.17, 15) is 24.3 Å². The second-order valence-corrected chi connectivity index (χ2v) is 12.7. The number of carboxylic acids is 1. The zero-order valence-electron chi connectivity index (χ0n) is 24.9. The number of oxime groups is 1. The minimum Gasteiger partial charge on any atom is -0.479 e. The number of hydrogen-bond donors (Lipinski definition) is 3. The number of pyridine rings is 1. The normalized spacial score (nSPS) is 32.5. The molecule has 3 N–H and O–H groups in total. The Balaban J connectivity index is 1.24. The van der Waals surface area contributed by atoms with Crippen molar-refractivity contribution in [3.8, 4) is 0 Å². The molecule has 5 atom stereocenters. The lowest BCUT2D eigenvalue weighted by atomic mass is 9.94. The molecule has 3 amide bonds. The zero-order valence-corrected chi connectivity index (χ0v) is 24.9. The number of rotatable bonds is 5. The van der Waals surface area contributed by atoms with Gasteiger partial charge in [-0.25, -0.2) is 9.59 Å². The van der Waals surface area contributed by atoms with Crippen molar-refractivity contribution in [2.24, 2.45) is 11.1 Å². The second kappa shape index (κ2) is 13.0. The predicted octanol–water partition coefficient (Wildman–Crippen LogP) is 3.24. The van der Waals surface area contributed by atoms with Crippen molar-refractivity contribution < 1.29 is 33.9 Å². The molecular weight excluding hydrogens is 566 g/mol. The van der Waals surface area contributed by atoms with Gasteiger partial charge in [0, 0.05) is 29.8 Å². The van der Waals surface area contributed by atoms with E-state index in [1.54, 1.807) is 6.20 Å². The van der Waals surface area contributed by atoms with Crippen molar-refractivity contribution in [2.45, 2.75) is 113 Å². The molecule has 2 saturated carbocycles. The number of nitrogens with one attached hydrogen (secondary N) is 2. The monoisotopic (exact) mass is 607 g/mol. The summed E-state index contributed by atoms with van der Waals surface area (Å²) in [7, 11) is 0. The van der Waals surface area contributed by atoms with Crippen molar-refractivity contribution in [3.63, 3.8) is 0 Å². The Morgan fingerprint density at radius 3 is 2.75 bits per heavy atom. The first kappa shape index (κ1) is 30.1. The summed E-state index contributed by atoms with van der Waals surface area (Å²) >= 11 is 0. The lowest BCUT2D eigenvalue weighted by Crippen LogP contribution is -2.56. The topological polar surface area (TPSA) is 160 Å². The maximum atomic E-state index is 14.1. The van der Waals surface area contributed by atoms with Crippen LogP contribution in [-0.4, -0.2) is 81.0 Å². The van der Waals surface area contributed by atoms with Gasteiger partial charge in [0.1, 0.15) is 29.8 Å². The number of allylic oxidation sites excluding steroid dienone is 1. The molecule has 236 valence electrons. The molecule has 2 aliphatic heterocycles. The minimum absolute atomic E-state index is 0.0762. The number of alkyl carbamates (subject to hydrolysis) is 1. The van der Waals surface area contributed by atoms with Crippen LogP contribution >= 0.6 is 0 Å². The van der Waals surface area contributed by atoms with E-state index in [-0.39, 0.29) is 25.0 Å². The summed E-state index contributed by atoms with van der Waals surface area (Å²) in [6.07, 6.45) is 13.3. The summed E-state index contributed by atoms with van der Waals surface area (Å²) in [6.45, 7) is 0.0762. The quantitative estimate of drug-likeness (QED) is 0.340. The Hall–Kier alpha value is -3.96. The van der Waals surface area contributed by atoms with E-state index in [1.165, 1.54) is 4.90 Å². The van der Waals surface area contributed by atoms with Crippen molar-refractivity contribution in [1.82, 2.24) is 20.5 Å². The van der Waals surface area contributed by atoms with Crippen molar-refractivity contribution in [2.75, 3.05) is 6.54 Å². The molecular formula is C32H41N5O7. The van der Waals surface area contributed by atoms with E-state index in [1.807, 2.05) is 24.3 Å². The lowest BCUT2D eigenvalue weighted by molar-refractivity contribution is -0.145. The molecule has 3 heterocycles. The molecule has 44 heavy (non-hydrogen) atoms.